The number of methoxy groups -OCH3 is 1. The topological polar surface area (TPSA) is 96.3 Å². The third kappa shape index (κ3) is 4.65. The van der Waals surface area contributed by atoms with Gasteiger partial charge in [-0.1, -0.05) is 42.5 Å². The highest BCUT2D eigenvalue weighted by atomic mass is 32.2. The highest BCUT2D eigenvalue weighted by Gasteiger charge is 2.24. The molecule has 0 saturated carbocycles. The van der Waals surface area contributed by atoms with Crippen molar-refractivity contribution in [1.29, 1.82) is 5.26 Å². The molecule has 6 nitrogen and oxygen atoms in total. The van der Waals surface area contributed by atoms with Crippen molar-refractivity contribution in [3.63, 3.8) is 0 Å². The molecule has 0 aliphatic rings. The first-order valence-electron chi connectivity index (χ1n) is 7.06. The Morgan fingerprint density at radius 3 is 2.33 bits per heavy atom. The molecule has 0 fully saturated rings. The average molecular weight is 344 g/mol. The van der Waals surface area contributed by atoms with E-state index in [2.05, 4.69) is 0 Å². The summed E-state index contributed by atoms with van der Waals surface area (Å²) >= 11 is 0. The lowest BCUT2D eigenvalue weighted by Gasteiger charge is -2.15. The van der Waals surface area contributed by atoms with Gasteiger partial charge in [0, 0.05) is 7.11 Å². The van der Waals surface area contributed by atoms with Gasteiger partial charge in [0.15, 0.2) is 6.10 Å². The number of carbonyl (C=O) groups is 1. The molecule has 0 radical (unpaired) electrons. The molecule has 0 spiro atoms. The number of carbonyl (C=O) groups excluding carboxylic acids is 1. The van der Waals surface area contributed by atoms with Crippen LogP contribution >= 0.6 is 0 Å². The second kappa shape index (κ2) is 7.73. The molecule has 0 aliphatic carbocycles. The Morgan fingerprint density at radius 2 is 1.79 bits per heavy atom. The SMILES string of the molecule is COC(C(=O)NS(=O)(=O)Cc1ccc(C#N)cc1)c1ccccc1. The van der Waals surface area contributed by atoms with Crippen LogP contribution in [0.2, 0.25) is 0 Å². The fourth-order valence-electron chi connectivity index (χ4n) is 2.16. The molecule has 1 N–H and O–H groups in total. The molecule has 0 aliphatic heterocycles. The Balaban J connectivity index is 2.09. The zero-order chi connectivity index (χ0) is 17.6. The molecular formula is C17H16N2O4S. The Labute approximate surface area is 140 Å². The maximum Gasteiger partial charge on any atom is 0.267 e. The van der Waals surface area contributed by atoms with Gasteiger partial charge in [0.25, 0.3) is 5.91 Å². The summed E-state index contributed by atoms with van der Waals surface area (Å²) in [6.45, 7) is 0. The zero-order valence-electron chi connectivity index (χ0n) is 13.0. The van der Waals surface area contributed by atoms with E-state index in [0.29, 0.717) is 16.7 Å². The quantitative estimate of drug-likeness (QED) is 0.863. The van der Waals surface area contributed by atoms with E-state index < -0.39 is 22.0 Å². The van der Waals surface area contributed by atoms with E-state index >= 15 is 0 Å². The lowest BCUT2D eigenvalue weighted by Crippen LogP contribution is -2.36. The normalized spacial score (nSPS) is 12.2. The van der Waals surface area contributed by atoms with Gasteiger partial charge in [0.05, 0.1) is 17.4 Å². The number of rotatable bonds is 6. The van der Waals surface area contributed by atoms with E-state index in [0.717, 1.165) is 0 Å². The highest BCUT2D eigenvalue weighted by molar-refractivity contribution is 7.89. The summed E-state index contributed by atoms with van der Waals surface area (Å²) in [6, 6.07) is 16.7. The van der Waals surface area contributed by atoms with E-state index in [4.69, 9.17) is 10.00 Å². The van der Waals surface area contributed by atoms with Crippen molar-refractivity contribution in [2.24, 2.45) is 0 Å². The van der Waals surface area contributed by atoms with Crippen molar-refractivity contribution in [2.45, 2.75) is 11.9 Å². The first kappa shape index (κ1) is 17.7. The minimum absolute atomic E-state index is 0.365. The van der Waals surface area contributed by atoms with Gasteiger partial charge in [-0.2, -0.15) is 5.26 Å². The van der Waals surface area contributed by atoms with Crippen molar-refractivity contribution >= 4 is 15.9 Å². The second-order valence-electron chi connectivity index (χ2n) is 5.06. The number of hydrogen-bond donors (Lipinski definition) is 1. The van der Waals surface area contributed by atoms with Crippen LogP contribution < -0.4 is 4.72 Å². The molecule has 2 aromatic rings. The van der Waals surface area contributed by atoms with Crippen molar-refractivity contribution in [1.82, 2.24) is 4.72 Å². The summed E-state index contributed by atoms with van der Waals surface area (Å²) in [6.07, 6.45) is -1.01. The Bertz CT molecular complexity index is 840. The summed E-state index contributed by atoms with van der Waals surface area (Å²) in [5.41, 5.74) is 1.47. The molecule has 0 aromatic heterocycles. The lowest BCUT2D eigenvalue weighted by atomic mass is 10.1. The number of nitrogens with one attached hydrogen (secondary N) is 1. The number of nitriles is 1. The van der Waals surface area contributed by atoms with Crippen molar-refractivity contribution in [3.05, 3.63) is 71.3 Å². The second-order valence-corrected chi connectivity index (χ2v) is 6.78. The minimum atomic E-state index is -3.88. The van der Waals surface area contributed by atoms with E-state index in [1.54, 1.807) is 30.3 Å². The van der Waals surface area contributed by atoms with E-state index in [1.165, 1.54) is 31.4 Å². The maximum absolute atomic E-state index is 12.2. The third-order valence-corrected chi connectivity index (χ3v) is 4.50. The van der Waals surface area contributed by atoms with Crippen LogP contribution in [0, 0.1) is 11.3 Å². The predicted octanol–water partition coefficient (Wildman–Crippen LogP) is 1.89. The smallest absolute Gasteiger partial charge is 0.267 e. The Morgan fingerprint density at radius 1 is 1.17 bits per heavy atom. The van der Waals surface area contributed by atoms with E-state index in [1.807, 2.05) is 10.8 Å². The molecule has 0 saturated heterocycles. The maximum atomic E-state index is 12.2. The monoisotopic (exact) mass is 344 g/mol. The molecule has 2 aromatic carbocycles. The summed E-state index contributed by atoms with van der Waals surface area (Å²) < 4.78 is 31.5. The summed E-state index contributed by atoms with van der Waals surface area (Å²) in [5.74, 6) is -1.12. The van der Waals surface area contributed by atoms with E-state index in [-0.39, 0.29) is 5.75 Å². The van der Waals surface area contributed by atoms with Gasteiger partial charge >= 0.3 is 0 Å². The van der Waals surface area contributed by atoms with Crippen LogP contribution in [0.1, 0.15) is 22.8 Å². The van der Waals surface area contributed by atoms with Crippen molar-refractivity contribution < 1.29 is 17.9 Å². The first-order valence-corrected chi connectivity index (χ1v) is 8.71. The van der Waals surface area contributed by atoms with Crippen LogP contribution in [0.15, 0.2) is 54.6 Å². The Hall–Kier alpha value is -2.69. The van der Waals surface area contributed by atoms with Crippen LogP contribution in [-0.4, -0.2) is 21.4 Å². The van der Waals surface area contributed by atoms with Crippen LogP contribution in [-0.2, 0) is 25.3 Å². The minimum Gasteiger partial charge on any atom is -0.367 e. The molecular weight excluding hydrogens is 328 g/mol. The van der Waals surface area contributed by atoms with Gasteiger partial charge in [0.1, 0.15) is 0 Å². The van der Waals surface area contributed by atoms with Crippen molar-refractivity contribution in [2.75, 3.05) is 7.11 Å². The molecule has 0 heterocycles. The molecule has 2 rings (SSSR count). The summed E-state index contributed by atoms with van der Waals surface area (Å²) in [4.78, 5) is 12.2. The van der Waals surface area contributed by atoms with Gasteiger partial charge in [-0.05, 0) is 23.3 Å². The number of benzene rings is 2. The molecule has 1 amide bonds. The lowest BCUT2D eigenvalue weighted by molar-refractivity contribution is -0.129. The molecule has 0 bridgehead atoms. The number of sulfonamides is 1. The van der Waals surface area contributed by atoms with Gasteiger partial charge in [0.2, 0.25) is 10.0 Å². The standard InChI is InChI=1S/C17H16N2O4S/c1-23-16(15-5-3-2-4-6-15)17(20)19-24(21,22)12-14-9-7-13(11-18)8-10-14/h2-10,16H,12H2,1H3,(H,19,20). The predicted molar refractivity (Wildman–Crippen MR) is 88.1 cm³/mol. The highest BCUT2D eigenvalue weighted by Crippen LogP contribution is 2.17. The Kier molecular flexibility index (Phi) is 5.68. The largest absolute Gasteiger partial charge is 0.367 e. The summed E-state index contributed by atoms with van der Waals surface area (Å²) in [5, 5.41) is 8.74. The zero-order valence-corrected chi connectivity index (χ0v) is 13.8. The molecule has 24 heavy (non-hydrogen) atoms. The summed E-state index contributed by atoms with van der Waals surface area (Å²) in [7, 11) is -2.54. The molecule has 7 heteroatoms. The van der Waals surface area contributed by atoms with Crippen LogP contribution in [0.5, 0.6) is 0 Å². The van der Waals surface area contributed by atoms with Gasteiger partial charge in [-0.3, -0.25) is 9.52 Å². The number of amides is 1. The number of ether oxygens (including phenoxy) is 1. The molecule has 1 unspecified atom stereocenters. The molecule has 1 atom stereocenters. The third-order valence-electron chi connectivity index (χ3n) is 3.27. The van der Waals surface area contributed by atoms with Gasteiger partial charge < -0.3 is 4.74 Å². The first-order chi connectivity index (χ1) is 11.4. The van der Waals surface area contributed by atoms with Crippen molar-refractivity contribution in [3.8, 4) is 6.07 Å². The number of nitrogens with zero attached hydrogens (tertiary/aromatic N) is 1. The fourth-order valence-corrected chi connectivity index (χ4v) is 3.28. The molecule has 124 valence electrons. The number of hydrogen-bond acceptors (Lipinski definition) is 5. The van der Waals surface area contributed by atoms with Gasteiger partial charge in [-0.25, -0.2) is 8.42 Å². The average Bonchev–Trinajstić information content (AvgIpc) is 2.56. The van der Waals surface area contributed by atoms with E-state index in [9.17, 15) is 13.2 Å². The van der Waals surface area contributed by atoms with Gasteiger partial charge in [-0.15, -0.1) is 0 Å². The fraction of sp³-hybridized carbons (Fsp3) is 0.176. The van der Waals surface area contributed by atoms with Crippen LogP contribution in [0.4, 0.5) is 0 Å². The van der Waals surface area contributed by atoms with Crippen LogP contribution in [0.25, 0.3) is 0 Å². The van der Waals surface area contributed by atoms with Crippen LogP contribution in [0.3, 0.4) is 0 Å².